The highest BCUT2D eigenvalue weighted by Gasteiger charge is 2.14. The fourth-order valence-electron chi connectivity index (χ4n) is 1.81. The molecule has 2 N–H and O–H groups in total. The summed E-state index contributed by atoms with van der Waals surface area (Å²) in [4.78, 5) is 22.2. The first-order valence-electron chi connectivity index (χ1n) is 7.05. The molecule has 1 amide bonds. The Kier molecular flexibility index (Phi) is 9.09. The lowest BCUT2D eigenvalue weighted by Crippen LogP contribution is -2.28. The quantitative estimate of drug-likeness (QED) is 0.838. The summed E-state index contributed by atoms with van der Waals surface area (Å²) in [6.45, 7) is 7.68. The first kappa shape index (κ1) is 18.2. The van der Waals surface area contributed by atoms with Crippen molar-refractivity contribution in [1.29, 1.82) is 0 Å². The lowest BCUT2D eigenvalue weighted by molar-refractivity contribution is -0.138. The third kappa shape index (κ3) is 7.56. The predicted octanol–water partition coefficient (Wildman–Crippen LogP) is 3.39. The van der Waals surface area contributed by atoms with Crippen LogP contribution in [0.3, 0.4) is 0 Å². The van der Waals surface area contributed by atoms with Gasteiger partial charge >= 0.3 is 5.97 Å². The maximum atomic E-state index is 11.7. The molecule has 1 rings (SSSR count). The van der Waals surface area contributed by atoms with E-state index in [0.29, 0.717) is 0 Å². The van der Waals surface area contributed by atoms with E-state index < -0.39 is 5.97 Å². The topological polar surface area (TPSA) is 66.4 Å². The molecule has 0 aromatic heterocycles. The van der Waals surface area contributed by atoms with Crippen molar-refractivity contribution in [2.45, 2.75) is 46.6 Å². The summed E-state index contributed by atoms with van der Waals surface area (Å²) < 4.78 is 0. The Morgan fingerprint density at radius 1 is 1.10 bits per heavy atom. The van der Waals surface area contributed by atoms with Gasteiger partial charge in [-0.1, -0.05) is 51.1 Å². The molecule has 0 aliphatic heterocycles. The molecule has 20 heavy (non-hydrogen) atoms. The number of carbonyl (C=O) groups is 2. The molecule has 0 aliphatic carbocycles. The van der Waals surface area contributed by atoms with E-state index in [1.165, 1.54) is 0 Å². The van der Waals surface area contributed by atoms with E-state index in [-0.39, 0.29) is 30.7 Å². The van der Waals surface area contributed by atoms with Crippen LogP contribution in [-0.2, 0) is 9.59 Å². The van der Waals surface area contributed by atoms with Crippen LogP contribution in [0.4, 0.5) is 0 Å². The second-order valence-electron chi connectivity index (χ2n) is 4.61. The molecule has 0 fully saturated rings. The molecule has 112 valence electrons. The average Bonchev–Trinajstić information content (AvgIpc) is 2.40. The molecule has 4 nitrogen and oxygen atoms in total. The number of hydrogen-bond acceptors (Lipinski definition) is 2. The highest BCUT2D eigenvalue weighted by Crippen LogP contribution is 2.13. The van der Waals surface area contributed by atoms with Crippen molar-refractivity contribution >= 4 is 11.9 Å². The van der Waals surface area contributed by atoms with Crippen molar-refractivity contribution in [3.8, 4) is 0 Å². The number of hydrogen-bond donors (Lipinski definition) is 2. The number of nitrogens with one attached hydrogen (secondary N) is 1. The van der Waals surface area contributed by atoms with Gasteiger partial charge in [0.2, 0.25) is 5.91 Å². The highest BCUT2D eigenvalue weighted by atomic mass is 16.4. The van der Waals surface area contributed by atoms with Gasteiger partial charge in [-0.3, -0.25) is 9.59 Å². The molecule has 0 radical (unpaired) electrons. The standard InChI is InChI=1S/C14H19NO3.C2H6/c1-10(9-14(17)18)8-13(16)15-11(2)12-6-4-3-5-7-12;1-2/h3-7,10-11H,8-9H2,1-2H3,(H,15,16)(H,17,18);1-2H3/t10?,11-;/m0./s1. The maximum Gasteiger partial charge on any atom is 0.303 e. The number of carboxylic acids is 1. The summed E-state index contributed by atoms with van der Waals surface area (Å²) in [7, 11) is 0. The van der Waals surface area contributed by atoms with Gasteiger partial charge in [0.25, 0.3) is 0 Å². The minimum atomic E-state index is -0.869. The molecule has 0 bridgehead atoms. The first-order valence-corrected chi connectivity index (χ1v) is 7.05. The van der Waals surface area contributed by atoms with Gasteiger partial charge in [-0.25, -0.2) is 0 Å². The van der Waals surface area contributed by atoms with Crippen LogP contribution in [0.1, 0.15) is 52.1 Å². The van der Waals surface area contributed by atoms with E-state index in [1.807, 2.05) is 51.1 Å². The van der Waals surface area contributed by atoms with Crippen molar-refractivity contribution in [3.05, 3.63) is 35.9 Å². The SMILES string of the molecule is CC.CC(CC(=O)O)CC(=O)N[C@@H](C)c1ccccc1. The minimum absolute atomic E-state index is 0.0210. The molecule has 1 aromatic rings. The third-order valence-corrected chi connectivity index (χ3v) is 2.73. The Morgan fingerprint density at radius 2 is 1.65 bits per heavy atom. The predicted molar refractivity (Wildman–Crippen MR) is 80.4 cm³/mol. The summed E-state index contributed by atoms with van der Waals surface area (Å²) in [5.41, 5.74) is 1.04. The van der Waals surface area contributed by atoms with E-state index in [9.17, 15) is 9.59 Å². The van der Waals surface area contributed by atoms with Crippen LogP contribution in [0, 0.1) is 5.92 Å². The molecule has 2 atom stereocenters. The molecule has 0 saturated carbocycles. The minimum Gasteiger partial charge on any atom is -0.481 e. The lowest BCUT2D eigenvalue weighted by Gasteiger charge is -2.15. The van der Waals surface area contributed by atoms with Crippen LogP contribution in [0.25, 0.3) is 0 Å². The van der Waals surface area contributed by atoms with Crippen LogP contribution in [0.5, 0.6) is 0 Å². The van der Waals surface area contributed by atoms with Crippen molar-refractivity contribution in [1.82, 2.24) is 5.32 Å². The summed E-state index contributed by atoms with van der Waals surface area (Å²) in [6, 6.07) is 9.61. The lowest BCUT2D eigenvalue weighted by atomic mass is 10.0. The second kappa shape index (κ2) is 10.0. The van der Waals surface area contributed by atoms with Gasteiger partial charge in [-0.05, 0) is 18.4 Å². The monoisotopic (exact) mass is 279 g/mol. The highest BCUT2D eigenvalue weighted by molar-refractivity contribution is 5.77. The van der Waals surface area contributed by atoms with E-state index in [0.717, 1.165) is 5.56 Å². The molecule has 1 aromatic carbocycles. The van der Waals surface area contributed by atoms with Crippen LogP contribution >= 0.6 is 0 Å². The first-order chi connectivity index (χ1) is 9.49. The van der Waals surface area contributed by atoms with Gasteiger partial charge in [-0.2, -0.15) is 0 Å². The number of carboxylic acid groups (broad SMARTS) is 1. The second-order valence-corrected chi connectivity index (χ2v) is 4.61. The zero-order valence-corrected chi connectivity index (χ0v) is 12.7. The largest absolute Gasteiger partial charge is 0.481 e. The van der Waals surface area contributed by atoms with E-state index >= 15 is 0 Å². The number of carbonyl (C=O) groups excluding carboxylic acids is 1. The summed E-state index contributed by atoms with van der Waals surface area (Å²) in [5.74, 6) is -1.13. The van der Waals surface area contributed by atoms with Crippen molar-refractivity contribution in [2.75, 3.05) is 0 Å². The Labute approximate surface area is 121 Å². The molecule has 0 spiro atoms. The summed E-state index contributed by atoms with van der Waals surface area (Å²) in [6.07, 6.45) is 0.261. The zero-order chi connectivity index (χ0) is 15.5. The Bertz CT molecular complexity index is 403. The molecule has 0 saturated heterocycles. The zero-order valence-electron chi connectivity index (χ0n) is 12.7. The Morgan fingerprint density at radius 3 is 2.15 bits per heavy atom. The summed E-state index contributed by atoms with van der Waals surface area (Å²) >= 11 is 0. The van der Waals surface area contributed by atoms with Crippen LogP contribution in [-0.4, -0.2) is 17.0 Å². The molecule has 1 unspecified atom stereocenters. The fraction of sp³-hybridized carbons (Fsp3) is 0.500. The Balaban J connectivity index is 0.00000172. The van der Waals surface area contributed by atoms with Gasteiger partial charge in [0.1, 0.15) is 0 Å². The third-order valence-electron chi connectivity index (χ3n) is 2.73. The number of amides is 1. The van der Waals surface area contributed by atoms with Gasteiger partial charge < -0.3 is 10.4 Å². The maximum absolute atomic E-state index is 11.7. The number of benzene rings is 1. The van der Waals surface area contributed by atoms with Gasteiger partial charge in [0.15, 0.2) is 0 Å². The van der Waals surface area contributed by atoms with E-state index in [4.69, 9.17) is 5.11 Å². The summed E-state index contributed by atoms with van der Waals surface area (Å²) in [5, 5.41) is 11.5. The van der Waals surface area contributed by atoms with Crippen LogP contribution in [0.15, 0.2) is 30.3 Å². The molecule has 0 heterocycles. The van der Waals surface area contributed by atoms with Crippen molar-refractivity contribution in [3.63, 3.8) is 0 Å². The van der Waals surface area contributed by atoms with Gasteiger partial charge in [-0.15, -0.1) is 0 Å². The Hall–Kier alpha value is -1.84. The van der Waals surface area contributed by atoms with E-state index in [2.05, 4.69) is 5.32 Å². The van der Waals surface area contributed by atoms with Gasteiger partial charge in [0.05, 0.1) is 6.04 Å². The normalized spacial score (nSPS) is 12.6. The van der Waals surface area contributed by atoms with E-state index in [1.54, 1.807) is 6.92 Å². The van der Waals surface area contributed by atoms with Crippen molar-refractivity contribution < 1.29 is 14.7 Å². The van der Waals surface area contributed by atoms with Crippen LogP contribution < -0.4 is 5.32 Å². The number of aliphatic carboxylic acids is 1. The van der Waals surface area contributed by atoms with Crippen LogP contribution in [0.2, 0.25) is 0 Å². The average molecular weight is 279 g/mol. The van der Waals surface area contributed by atoms with Gasteiger partial charge in [0, 0.05) is 12.8 Å². The molecule has 4 heteroatoms. The number of rotatable bonds is 6. The molecule has 0 aliphatic rings. The molecular formula is C16H25NO3. The smallest absolute Gasteiger partial charge is 0.303 e. The fourth-order valence-corrected chi connectivity index (χ4v) is 1.81. The van der Waals surface area contributed by atoms with Crippen molar-refractivity contribution in [2.24, 2.45) is 5.92 Å². The molecular weight excluding hydrogens is 254 g/mol.